The Hall–Kier alpha value is -1.92. The van der Waals surface area contributed by atoms with E-state index in [9.17, 15) is 9.59 Å². The molecule has 0 fully saturated rings. The number of aromatic nitrogens is 2. The highest BCUT2D eigenvalue weighted by Gasteiger charge is 2.10. The molecule has 1 aromatic carbocycles. The second-order valence-electron chi connectivity index (χ2n) is 4.46. The molecule has 106 valence electrons. The SMILES string of the molecule is CSc1ccc(C(=O)Cn2cnc3ccsc3c2=O)cc1. The molecule has 6 heteroatoms. The lowest BCUT2D eigenvalue weighted by molar-refractivity contribution is 0.0970. The smallest absolute Gasteiger partial charge is 0.271 e. The summed E-state index contributed by atoms with van der Waals surface area (Å²) in [6, 6.07) is 9.18. The predicted molar refractivity (Wildman–Crippen MR) is 86.4 cm³/mol. The van der Waals surface area contributed by atoms with E-state index < -0.39 is 0 Å². The molecular weight excluding hydrogens is 304 g/mol. The van der Waals surface area contributed by atoms with E-state index in [4.69, 9.17) is 0 Å². The van der Waals surface area contributed by atoms with Crippen LogP contribution in [0.25, 0.3) is 10.2 Å². The van der Waals surface area contributed by atoms with Crippen molar-refractivity contribution in [2.75, 3.05) is 6.26 Å². The molecule has 0 spiro atoms. The van der Waals surface area contributed by atoms with Gasteiger partial charge in [0.05, 0.1) is 18.4 Å². The Balaban J connectivity index is 1.88. The Morgan fingerprint density at radius 3 is 2.76 bits per heavy atom. The van der Waals surface area contributed by atoms with E-state index in [1.807, 2.05) is 23.8 Å². The van der Waals surface area contributed by atoms with Crippen molar-refractivity contribution in [1.82, 2.24) is 9.55 Å². The number of rotatable bonds is 4. The Labute approximate surface area is 129 Å². The number of carbonyl (C=O) groups is 1. The van der Waals surface area contributed by atoms with Crippen LogP contribution >= 0.6 is 23.1 Å². The maximum absolute atomic E-state index is 12.2. The fourth-order valence-electron chi connectivity index (χ4n) is 2.01. The number of Topliss-reactive ketones (excluding diaryl/α,β-unsaturated/α-hetero) is 1. The zero-order valence-electron chi connectivity index (χ0n) is 11.3. The molecule has 0 aliphatic carbocycles. The minimum Gasteiger partial charge on any atom is -0.292 e. The van der Waals surface area contributed by atoms with Crippen LogP contribution in [-0.4, -0.2) is 21.6 Å². The summed E-state index contributed by atoms with van der Waals surface area (Å²) in [6.45, 7) is 0.0122. The summed E-state index contributed by atoms with van der Waals surface area (Å²) in [4.78, 5) is 29.8. The fourth-order valence-corrected chi connectivity index (χ4v) is 3.22. The molecule has 0 atom stereocenters. The number of thiophene rings is 1. The molecule has 0 amide bonds. The molecule has 0 aliphatic rings. The third-order valence-electron chi connectivity index (χ3n) is 3.16. The van der Waals surface area contributed by atoms with Gasteiger partial charge < -0.3 is 0 Å². The van der Waals surface area contributed by atoms with Gasteiger partial charge in [-0.05, 0) is 29.8 Å². The lowest BCUT2D eigenvalue weighted by Gasteiger charge is -2.05. The van der Waals surface area contributed by atoms with Crippen LogP contribution in [0.2, 0.25) is 0 Å². The summed E-state index contributed by atoms with van der Waals surface area (Å²) in [7, 11) is 0. The van der Waals surface area contributed by atoms with Crippen LogP contribution in [0, 0.1) is 0 Å². The average Bonchev–Trinajstić information content (AvgIpc) is 2.99. The lowest BCUT2D eigenvalue weighted by Crippen LogP contribution is -2.24. The van der Waals surface area contributed by atoms with E-state index in [1.54, 1.807) is 30.0 Å². The summed E-state index contributed by atoms with van der Waals surface area (Å²) in [6.07, 6.45) is 3.42. The molecule has 0 N–H and O–H groups in total. The molecule has 0 saturated heterocycles. The molecule has 0 unspecified atom stereocenters. The molecule has 2 heterocycles. The largest absolute Gasteiger partial charge is 0.292 e. The summed E-state index contributed by atoms with van der Waals surface area (Å²) in [5.74, 6) is -0.0949. The van der Waals surface area contributed by atoms with Gasteiger partial charge in [-0.3, -0.25) is 14.2 Å². The molecule has 0 radical (unpaired) electrons. The maximum atomic E-state index is 12.2. The van der Waals surface area contributed by atoms with Crippen molar-refractivity contribution >= 4 is 39.1 Å². The van der Waals surface area contributed by atoms with Crippen molar-refractivity contribution in [3.8, 4) is 0 Å². The summed E-state index contributed by atoms with van der Waals surface area (Å²) in [5, 5.41) is 1.83. The molecule has 3 rings (SSSR count). The predicted octanol–water partition coefficient (Wildman–Crippen LogP) is 3.06. The van der Waals surface area contributed by atoms with Crippen LogP contribution in [-0.2, 0) is 6.54 Å². The normalized spacial score (nSPS) is 10.9. The van der Waals surface area contributed by atoms with Crippen molar-refractivity contribution in [3.05, 3.63) is 58.0 Å². The number of hydrogen-bond donors (Lipinski definition) is 0. The second kappa shape index (κ2) is 5.83. The van der Waals surface area contributed by atoms with Crippen LogP contribution < -0.4 is 5.56 Å². The highest BCUT2D eigenvalue weighted by Crippen LogP contribution is 2.16. The first kappa shape index (κ1) is 14.0. The Morgan fingerprint density at radius 1 is 1.29 bits per heavy atom. The van der Waals surface area contributed by atoms with Gasteiger partial charge in [0.15, 0.2) is 5.78 Å². The maximum Gasteiger partial charge on any atom is 0.271 e. The topological polar surface area (TPSA) is 52.0 Å². The Bertz CT molecular complexity index is 850. The van der Waals surface area contributed by atoms with Gasteiger partial charge in [0.2, 0.25) is 0 Å². The molecular formula is C15H12N2O2S2. The van der Waals surface area contributed by atoms with Crippen molar-refractivity contribution in [3.63, 3.8) is 0 Å². The van der Waals surface area contributed by atoms with Crippen LogP contribution in [0.5, 0.6) is 0 Å². The van der Waals surface area contributed by atoms with Crippen LogP contribution in [0.4, 0.5) is 0 Å². The lowest BCUT2D eigenvalue weighted by atomic mass is 10.1. The number of fused-ring (bicyclic) bond motifs is 1. The minimum absolute atomic E-state index is 0.0122. The number of hydrogen-bond acceptors (Lipinski definition) is 5. The highest BCUT2D eigenvalue weighted by atomic mass is 32.2. The number of thioether (sulfide) groups is 1. The summed E-state index contributed by atoms with van der Waals surface area (Å²) < 4.78 is 1.95. The Kier molecular flexibility index (Phi) is 3.90. The van der Waals surface area contributed by atoms with Crippen molar-refractivity contribution in [1.29, 1.82) is 0 Å². The zero-order valence-corrected chi connectivity index (χ0v) is 12.9. The average molecular weight is 316 g/mol. The first-order valence-corrected chi connectivity index (χ1v) is 8.39. The van der Waals surface area contributed by atoms with E-state index in [-0.39, 0.29) is 17.9 Å². The van der Waals surface area contributed by atoms with Gasteiger partial charge >= 0.3 is 0 Å². The zero-order chi connectivity index (χ0) is 14.8. The summed E-state index contributed by atoms with van der Waals surface area (Å²) >= 11 is 2.97. The quantitative estimate of drug-likeness (QED) is 0.548. The van der Waals surface area contributed by atoms with Gasteiger partial charge in [0.25, 0.3) is 5.56 Å². The highest BCUT2D eigenvalue weighted by molar-refractivity contribution is 7.98. The third-order valence-corrected chi connectivity index (χ3v) is 4.80. The molecule has 0 bridgehead atoms. The second-order valence-corrected chi connectivity index (χ2v) is 6.26. The molecule has 21 heavy (non-hydrogen) atoms. The van der Waals surface area contributed by atoms with Crippen molar-refractivity contribution in [2.24, 2.45) is 0 Å². The fraction of sp³-hybridized carbons (Fsp3) is 0.133. The molecule has 3 aromatic rings. The van der Waals surface area contributed by atoms with Crippen molar-refractivity contribution in [2.45, 2.75) is 11.4 Å². The van der Waals surface area contributed by atoms with Gasteiger partial charge in [-0.25, -0.2) is 4.98 Å². The van der Waals surface area contributed by atoms with Gasteiger partial charge in [-0.2, -0.15) is 0 Å². The number of carbonyl (C=O) groups excluding carboxylic acids is 1. The monoisotopic (exact) mass is 316 g/mol. The number of ketones is 1. The van der Waals surface area contributed by atoms with Gasteiger partial charge in [-0.1, -0.05) is 12.1 Å². The van der Waals surface area contributed by atoms with E-state index in [2.05, 4.69) is 4.98 Å². The molecule has 4 nitrogen and oxygen atoms in total. The molecule has 0 aliphatic heterocycles. The van der Waals surface area contributed by atoms with Gasteiger partial charge in [-0.15, -0.1) is 23.1 Å². The van der Waals surface area contributed by atoms with E-state index in [0.29, 0.717) is 15.8 Å². The van der Waals surface area contributed by atoms with E-state index in [1.165, 1.54) is 22.2 Å². The van der Waals surface area contributed by atoms with Crippen LogP contribution in [0.15, 0.2) is 51.7 Å². The first-order chi connectivity index (χ1) is 10.2. The number of benzene rings is 1. The van der Waals surface area contributed by atoms with Gasteiger partial charge in [0.1, 0.15) is 4.70 Å². The number of nitrogens with zero attached hydrogens (tertiary/aromatic N) is 2. The molecule has 0 saturated carbocycles. The minimum atomic E-state index is -0.163. The standard InChI is InChI=1S/C15H12N2O2S2/c1-20-11-4-2-10(3-5-11)13(18)8-17-9-16-12-6-7-21-14(12)15(17)19/h2-7,9H,8H2,1H3. The van der Waals surface area contributed by atoms with Gasteiger partial charge in [0, 0.05) is 10.5 Å². The van der Waals surface area contributed by atoms with Crippen LogP contribution in [0.1, 0.15) is 10.4 Å². The van der Waals surface area contributed by atoms with E-state index >= 15 is 0 Å². The summed E-state index contributed by atoms with van der Waals surface area (Å²) in [5.41, 5.74) is 1.12. The molecule has 2 aromatic heterocycles. The Morgan fingerprint density at radius 2 is 2.05 bits per heavy atom. The first-order valence-electron chi connectivity index (χ1n) is 6.29. The van der Waals surface area contributed by atoms with Crippen LogP contribution in [0.3, 0.4) is 0 Å². The van der Waals surface area contributed by atoms with Crippen molar-refractivity contribution < 1.29 is 4.79 Å². The third kappa shape index (κ3) is 2.77. The van der Waals surface area contributed by atoms with E-state index in [0.717, 1.165) is 4.90 Å².